The number of rotatable bonds is 7. The molecular weight excluding hydrogens is 507 g/mol. The quantitative estimate of drug-likeness (QED) is 0.420. The highest BCUT2D eigenvalue weighted by Gasteiger charge is 2.51. The molecule has 2 amide bonds. The fraction of sp³-hybridized carbons (Fsp3) is 0.500. The van der Waals surface area contributed by atoms with Crippen LogP contribution in [0.2, 0.25) is 0 Å². The van der Waals surface area contributed by atoms with E-state index in [0.29, 0.717) is 6.54 Å². The highest BCUT2D eigenvalue weighted by molar-refractivity contribution is 6.62. The number of aromatic nitrogens is 2. The topological polar surface area (TPSA) is 120 Å². The fourth-order valence-electron chi connectivity index (χ4n) is 5.46. The average Bonchev–Trinajstić information content (AvgIpc) is 3.61. The lowest BCUT2D eigenvalue weighted by molar-refractivity contribution is -0.139. The number of hydrogen-bond donors (Lipinski definition) is 2. The first-order valence-corrected chi connectivity index (χ1v) is 14.0. The number of aromatic amines is 1. The largest absolute Gasteiger partial charge is 0.494 e. The van der Waals surface area contributed by atoms with Crippen LogP contribution in [0.1, 0.15) is 66.3 Å². The van der Waals surface area contributed by atoms with Crippen molar-refractivity contribution in [2.45, 2.75) is 71.6 Å². The number of H-pyrrole nitrogens is 1. The molecule has 5 rings (SSSR count). The second-order valence-electron chi connectivity index (χ2n) is 12.3. The number of hydrogen-bond acceptors (Lipinski definition) is 6. The Morgan fingerprint density at radius 3 is 2.48 bits per heavy atom. The molecule has 2 saturated heterocycles. The molecule has 3 heterocycles. The van der Waals surface area contributed by atoms with Crippen molar-refractivity contribution in [3.8, 4) is 11.3 Å². The molecular formula is C30H39BN4O5. The second kappa shape index (κ2) is 10.6. The molecule has 40 heavy (non-hydrogen) atoms. The number of imidazole rings is 1. The van der Waals surface area contributed by atoms with Crippen molar-refractivity contribution in [3.05, 3.63) is 48.4 Å². The predicted molar refractivity (Wildman–Crippen MR) is 155 cm³/mol. The summed E-state index contributed by atoms with van der Waals surface area (Å²) in [7, 11) is -0.404. The molecule has 3 aromatic rings. The molecule has 0 radical (unpaired) electrons. The van der Waals surface area contributed by atoms with Gasteiger partial charge in [0.05, 0.1) is 35.1 Å². The van der Waals surface area contributed by atoms with E-state index < -0.39 is 19.1 Å². The molecule has 0 spiro atoms. The third kappa shape index (κ3) is 5.34. The lowest BCUT2D eigenvalue weighted by atomic mass is 9.78. The summed E-state index contributed by atoms with van der Waals surface area (Å²) in [5.41, 5.74) is 7.27. The Kier molecular flexibility index (Phi) is 7.44. The van der Waals surface area contributed by atoms with E-state index in [2.05, 4.69) is 74.1 Å². The van der Waals surface area contributed by atoms with Gasteiger partial charge in [0.25, 0.3) is 0 Å². The zero-order valence-electron chi connectivity index (χ0n) is 24.2. The summed E-state index contributed by atoms with van der Waals surface area (Å²) in [6.45, 7) is 12.7. The number of primary amides is 1. The van der Waals surface area contributed by atoms with Crippen LogP contribution in [-0.4, -0.2) is 58.3 Å². The molecule has 0 bridgehead atoms. The Balaban J connectivity index is 1.34. The van der Waals surface area contributed by atoms with E-state index in [1.54, 1.807) is 0 Å². The fourth-order valence-corrected chi connectivity index (χ4v) is 5.46. The first-order chi connectivity index (χ1) is 18.9. The first kappa shape index (κ1) is 28.2. The van der Waals surface area contributed by atoms with Gasteiger partial charge in [-0.25, -0.2) is 9.78 Å². The van der Waals surface area contributed by atoms with Crippen molar-refractivity contribution in [3.63, 3.8) is 0 Å². The minimum atomic E-state index is -0.869. The smallest absolute Gasteiger partial charge is 0.449 e. The van der Waals surface area contributed by atoms with E-state index in [1.807, 2.05) is 24.9 Å². The van der Waals surface area contributed by atoms with Crippen molar-refractivity contribution < 1.29 is 23.6 Å². The molecule has 10 heteroatoms. The van der Waals surface area contributed by atoms with E-state index in [9.17, 15) is 9.59 Å². The van der Waals surface area contributed by atoms with Crippen molar-refractivity contribution in [1.82, 2.24) is 14.9 Å². The van der Waals surface area contributed by atoms with Crippen LogP contribution in [0.3, 0.4) is 0 Å². The van der Waals surface area contributed by atoms with Crippen molar-refractivity contribution in [1.29, 1.82) is 0 Å². The Hall–Kier alpha value is -3.37. The number of likely N-dealkylation sites (tertiary alicyclic amines) is 1. The van der Waals surface area contributed by atoms with E-state index in [0.717, 1.165) is 46.2 Å². The number of nitrogens with one attached hydrogen (secondary N) is 1. The zero-order valence-corrected chi connectivity index (χ0v) is 24.2. The summed E-state index contributed by atoms with van der Waals surface area (Å²) >= 11 is 0. The van der Waals surface area contributed by atoms with Gasteiger partial charge < -0.3 is 29.7 Å². The second-order valence-corrected chi connectivity index (χ2v) is 12.3. The van der Waals surface area contributed by atoms with Gasteiger partial charge in [-0.05, 0) is 68.8 Å². The molecule has 212 valence electrons. The number of fused-ring (bicyclic) bond motifs is 1. The lowest BCUT2D eigenvalue weighted by Gasteiger charge is -2.32. The molecule has 2 atom stereocenters. The number of nitrogens with two attached hydrogens (primary N) is 1. The summed E-state index contributed by atoms with van der Waals surface area (Å²) in [6, 6.07) is 12.4. The van der Waals surface area contributed by atoms with Crippen LogP contribution in [0.25, 0.3) is 22.0 Å². The molecule has 2 aliphatic heterocycles. The first-order valence-electron chi connectivity index (χ1n) is 14.0. The van der Waals surface area contributed by atoms with E-state index in [4.69, 9.17) is 19.8 Å². The molecule has 1 aromatic heterocycles. The van der Waals surface area contributed by atoms with E-state index in [1.165, 1.54) is 0 Å². The van der Waals surface area contributed by atoms with Gasteiger partial charge >= 0.3 is 13.2 Å². The lowest BCUT2D eigenvalue weighted by Crippen LogP contribution is -2.41. The van der Waals surface area contributed by atoms with E-state index in [-0.39, 0.29) is 35.7 Å². The van der Waals surface area contributed by atoms with Crippen molar-refractivity contribution in [2.24, 2.45) is 17.6 Å². The molecule has 9 nitrogen and oxygen atoms in total. The Morgan fingerprint density at radius 2 is 1.80 bits per heavy atom. The molecule has 2 unspecified atom stereocenters. The predicted octanol–water partition coefficient (Wildman–Crippen LogP) is 4.56. The maximum Gasteiger partial charge on any atom is 0.494 e. The zero-order chi connectivity index (χ0) is 28.8. The van der Waals surface area contributed by atoms with Crippen LogP contribution in [0, 0.1) is 11.8 Å². The number of carbonyl (C=O) groups is 2. The summed E-state index contributed by atoms with van der Waals surface area (Å²) in [6.07, 6.45) is 2.66. The van der Waals surface area contributed by atoms with Gasteiger partial charge in [0.2, 0.25) is 5.91 Å². The number of benzene rings is 2. The Bertz CT molecular complexity index is 1400. The molecule has 2 aromatic carbocycles. The minimum Gasteiger partial charge on any atom is -0.449 e. The maximum atomic E-state index is 13.4. The van der Waals surface area contributed by atoms with Crippen molar-refractivity contribution in [2.75, 3.05) is 13.2 Å². The summed E-state index contributed by atoms with van der Waals surface area (Å²) in [5, 5.41) is 2.20. The highest BCUT2D eigenvalue weighted by atomic mass is 16.7. The SMILES string of the molecule is CC(C)C(COC(N)=O)C(=O)N1CCCC1c1ncc(-c2ccc3cc(B4OC(C)(C)C(C)(C)O4)ccc3c2)[nH]1. The van der Waals surface area contributed by atoms with Gasteiger partial charge in [-0.15, -0.1) is 0 Å². The van der Waals surface area contributed by atoms with Gasteiger partial charge in [-0.1, -0.05) is 44.2 Å². The normalized spacial score (nSPS) is 20.8. The van der Waals surface area contributed by atoms with Crippen LogP contribution >= 0.6 is 0 Å². The van der Waals surface area contributed by atoms with Gasteiger partial charge in [0.1, 0.15) is 12.4 Å². The molecule has 3 N–H and O–H groups in total. The molecule has 0 aliphatic carbocycles. The Labute approximate surface area is 235 Å². The van der Waals surface area contributed by atoms with Gasteiger partial charge in [-0.3, -0.25) is 4.79 Å². The minimum absolute atomic E-state index is 0.00292. The number of amides is 2. The summed E-state index contributed by atoms with van der Waals surface area (Å²) in [5.74, 6) is 0.267. The van der Waals surface area contributed by atoms with Gasteiger partial charge in [0, 0.05) is 12.1 Å². The molecule has 0 saturated carbocycles. The molecule has 2 fully saturated rings. The summed E-state index contributed by atoms with van der Waals surface area (Å²) < 4.78 is 17.5. The van der Waals surface area contributed by atoms with Crippen LogP contribution in [0.4, 0.5) is 4.79 Å². The van der Waals surface area contributed by atoms with Crippen molar-refractivity contribution >= 4 is 35.4 Å². The third-order valence-electron chi connectivity index (χ3n) is 8.67. The monoisotopic (exact) mass is 546 g/mol. The number of ether oxygens (including phenoxy) is 1. The third-order valence-corrected chi connectivity index (χ3v) is 8.67. The van der Waals surface area contributed by atoms with Crippen LogP contribution in [-0.2, 0) is 18.8 Å². The summed E-state index contributed by atoms with van der Waals surface area (Å²) in [4.78, 5) is 34.6. The number of nitrogens with zero attached hydrogens (tertiary/aromatic N) is 2. The Morgan fingerprint density at radius 1 is 1.12 bits per heavy atom. The van der Waals surface area contributed by atoms with Crippen LogP contribution in [0.5, 0.6) is 0 Å². The standard InChI is InChI=1S/C30H39BN4O5/c1-18(2)23(17-38-28(32)37)27(36)35-13-7-8-25(35)26-33-16-24(34-26)21-10-9-20-15-22(12-11-19(20)14-21)31-39-29(3,4)30(5,6)40-31/h9-12,14-16,18,23,25H,7-8,13,17H2,1-6H3,(H2,32,37)(H,33,34). The maximum absolute atomic E-state index is 13.4. The van der Waals surface area contributed by atoms with Crippen LogP contribution < -0.4 is 11.2 Å². The molecule has 2 aliphatic rings. The van der Waals surface area contributed by atoms with Crippen LogP contribution in [0.15, 0.2) is 42.6 Å². The highest BCUT2D eigenvalue weighted by Crippen LogP contribution is 2.37. The number of carbonyl (C=O) groups excluding carboxylic acids is 2. The average molecular weight is 546 g/mol. The van der Waals surface area contributed by atoms with Gasteiger partial charge in [-0.2, -0.15) is 0 Å². The van der Waals surface area contributed by atoms with Gasteiger partial charge in [0.15, 0.2) is 0 Å². The van der Waals surface area contributed by atoms with E-state index >= 15 is 0 Å².